The summed E-state index contributed by atoms with van der Waals surface area (Å²) in [6, 6.07) is 7.53. The maximum Gasteiger partial charge on any atom is 0.257 e. The molecular weight excluding hydrogens is 318 g/mol. The van der Waals surface area contributed by atoms with Crippen molar-refractivity contribution in [2.45, 2.75) is 38.7 Å². The van der Waals surface area contributed by atoms with Crippen molar-refractivity contribution in [1.29, 1.82) is 0 Å². The van der Waals surface area contributed by atoms with Crippen molar-refractivity contribution in [3.63, 3.8) is 0 Å². The van der Waals surface area contributed by atoms with E-state index in [0.29, 0.717) is 37.2 Å². The zero-order valence-electron chi connectivity index (χ0n) is 15.3. The van der Waals surface area contributed by atoms with E-state index in [-0.39, 0.29) is 11.3 Å². The number of methoxy groups -OCH3 is 1. The third-order valence-corrected chi connectivity index (χ3v) is 5.66. The van der Waals surface area contributed by atoms with E-state index in [9.17, 15) is 4.79 Å². The van der Waals surface area contributed by atoms with Crippen LogP contribution in [-0.2, 0) is 9.47 Å². The quantitative estimate of drug-likeness (QED) is 0.711. The molecule has 1 saturated heterocycles. The predicted octanol–water partition coefficient (Wildman–Crippen LogP) is 3.13. The second kappa shape index (κ2) is 8.19. The molecule has 0 bridgehead atoms. The molecule has 5 heteroatoms. The van der Waals surface area contributed by atoms with Gasteiger partial charge in [-0.3, -0.25) is 4.79 Å². The van der Waals surface area contributed by atoms with Crippen molar-refractivity contribution in [2.75, 3.05) is 40.0 Å². The number of benzene rings is 1. The van der Waals surface area contributed by atoms with Crippen LogP contribution in [0.25, 0.3) is 0 Å². The number of ether oxygens (including phenoxy) is 3. The zero-order valence-corrected chi connectivity index (χ0v) is 15.3. The van der Waals surface area contributed by atoms with E-state index in [4.69, 9.17) is 14.2 Å². The first-order chi connectivity index (χ1) is 12.2. The fourth-order valence-corrected chi connectivity index (χ4v) is 4.03. The number of amides is 1. The van der Waals surface area contributed by atoms with Crippen molar-refractivity contribution >= 4 is 5.91 Å². The molecule has 0 N–H and O–H groups in total. The standard InChI is InChI=1S/C20H29NO4/c1-3-24-17-7-5-4-6-16(17)19(22)21-12-10-20(11-13-21)9-8-18(20)25-15-14-23-2/h4-7,18H,3,8-15H2,1-2H3. The number of likely N-dealkylation sites (tertiary alicyclic amines) is 1. The number of nitrogens with zero attached hydrogens (tertiary/aromatic N) is 1. The van der Waals surface area contributed by atoms with E-state index < -0.39 is 0 Å². The molecule has 1 amide bonds. The number of piperidine rings is 1. The largest absolute Gasteiger partial charge is 0.493 e. The topological polar surface area (TPSA) is 48.0 Å². The van der Waals surface area contributed by atoms with Crippen LogP contribution in [0.15, 0.2) is 24.3 Å². The maximum atomic E-state index is 12.9. The Balaban J connectivity index is 1.58. The highest BCUT2D eigenvalue weighted by atomic mass is 16.5. The van der Waals surface area contributed by atoms with Gasteiger partial charge in [-0.25, -0.2) is 0 Å². The summed E-state index contributed by atoms with van der Waals surface area (Å²) in [7, 11) is 1.70. The van der Waals surface area contributed by atoms with Gasteiger partial charge in [0.2, 0.25) is 0 Å². The van der Waals surface area contributed by atoms with E-state index in [0.717, 1.165) is 32.4 Å². The normalized spacial score (nSPS) is 21.8. The molecule has 138 valence electrons. The highest BCUT2D eigenvalue weighted by Crippen LogP contribution is 2.50. The number of carbonyl (C=O) groups is 1. The molecule has 1 atom stereocenters. The van der Waals surface area contributed by atoms with Crippen LogP contribution < -0.4 is 4.74 Å². The van der Waals surface area contributed by atoms with Crippen molar-refractivity contribution in [3.05, 3.63) is 29.8 Å². The van der Waals surface area contributed by atoms with Gasteiger partial charge < -0.3 is 19.1 Å². The molecule has 1 saturated carbocycles. The van der Waals surface area contributed by atoms with Gasteiger partial charge in [0.1, 0.15) is 5.75 Å². The molecule has 0 aromatic heterocycles. The van der Waals surface area contributed by atoms with Crippen LogP contribution in [0.3, 0.4) is 0 Å². The molecule has 5 nitrogen and oxygen atoms in total. The lowest BCUT2D eigenvalue weighted by molar-refractivity contribution is -0.139. The van der Waals surface area contributed by atoms with Crippen LogP contribution in [0.5, 0.6) is 5.75 Å². The first kappa shape index (κ1) is 18.2. The maximum absolute atomic E-state index is 12.9. The number of rotatable bonds is 7. The van der Waals surface area contributed by atoms with Crippen LogP contribution >= 0.6 is 0 Å². The van der Waals surface area contributed by atoms with E-state index in [1.54, 1.807) is 7.11 Å². The van der Waals surface area contributed by atoms with Crippen molar-refractivity contribution in [3.8, 4) is 5.75 Å². The summed E-state index contributed by atoms with van der Waals surface area (Å²) >= 11 is 0. The Labute approximate surface area is 150 Å². The van der Waals surface area contributed by atoms with Gasteiger partial charge >= 0.3 is 0 Å². The van der Waals surface area contributed by atoms with E-state index in [1.807, 2.05) is 36.1 Å². The molecule has 0 radical (unpaired) electrons. The van der Waals surface area contributed by atoms with Gasteiger partial charge in [-0.15, -0.1) is 0 Å². The summed E-state index contributed by atoms with van der Waals surface area (Å²) in [5.41, 5.74) is 0.936. The van der Waals surface area contributed by atoms with Crippen LogP contribution in [-0.4, -0.2) is 56.9 Å². The van der Waals surface area contributed by atoms with E-state index in [1.165, 1.54) is 6.42 Å². The summed E-state index contributed by atoms with van der Waals surface area (Å²) < 4.78 is 16.7. The van der Waals surface area contributed by atoms with Gasteiger partial charge in [-0.05, 0) is 44.7 Å². The van der Waals surface area contributed by atoms with Gasteiger partial charge in [0.05, 0.1) is 31.5 Å². The lowest BCUT2D eigenvalue weighted by Gasteiger charge is -2.53. The minimum Gasteiger partial charge on any atom is -0.493 e. The zero-order chi connectivity index (χ0) is 17.7. The van der Waals surface area contributed by atoms with Crippen molar-refractivity contribution < 1.29 is 19.0 Å². The summed E-state index contributed by atoms with van der Waals surface area (Å²) in [6.45, 7) is 5.39. The molecule has 1 aromatic carbocycles. The van der Waals surface area contributed by atoms with E-state index in [2.05, 4.69) is 0 Å². The lowest BCUT2D eigenvalue weighted by atomic mass is 9.60. The van der Waals surface area contributed by atoms with Crippen LogP contribution in [0, 0.1) is 5.41 Å². The molecule has 1 aromatic rings. The van der Waals surface area contributed by atoms with Crippen LogP contribution in [0.2, 0.25) is 0 Å². The average molecular weight is 347 g/mol. The number of carbonyl (C=O) groups excluding carboxylic acids is 1. The van der Waals surface area contributed by atoms with Gasteiger partial charge in [0.15, 0.2) is 0 Å². The predicted molar refractivity (Wildman–Crippen MR) is 96.0 cm³/mol. The van der Waals surface area contributed by atoms with Gasteiger partial charge in [0.25, 0.3) is 5.91 Å². The van der Waals surface area contributed by atoms with Gasteiger partial charge in [-0.2, -0.15) is 0 Å². The molecule has 25 heavy (non-hydrogen) atoms. The Kier molecular flexibility index (Phi) is 5.97. The summed E-state index contributed by atoms with van der Waals surface area (Å²) in [6.07, 6.45) is 4.71. The Morgan fingerprint density at radius 1 is 1.20 bits per heavy atom. The van der Waals surface area contributed by atoms with Gasteiger partial charge in [-0.1, -0.05) is 12.1 Å². The van der Waals surface area contributed by atoms with Crippen LogP contribution in [0.4, 0.5) is 0 Å². The molecule has 1 aliphatic carbocycles. The molecular formula is C20H29NO4. The fourth-order valence-electron chi connectivity index (χ4n) is 4.03. The van der Waals surface area contributed by atoms with Gasteiger partial charge in [0, 0.05) is 25.6 Å². The van der Waals surface area contributed by atoms with Crippen molar-refractivity contribution in [2.24, 2.45) is 5.41 Å². The smallest absolute Gasteiger partial charge is 0.257 e. The Bertz CT molecular complexity index is 581. The minimum absolute atomic E-state index is 0.0788. The monoisotopic (exact) mass is 347 g/mol. The average Bonchev–Trinajstić information content (AvgIpc) is 2.64. The Morgan fingerprint density at radius 3 is 2.60 bits per heavy atom. The third-order valence-electron chi connectivity index (χ3n) is 5.66. The highest BCUT2D eigenvalue weighted by Gasteiger charge is 2.49. The first-order valence-corrected chi connectivity index (χ1v) is 9.32. The lowest BCUT2D eigenvalue weighted by Crippen LogP contribution is -2.54. The summed E-state index contributed by atoms with van der Waals surface area (Å²) in [5.74, 6) is 0.759. The first-order valence-electron chi connectivity index (χ1n) is 9.32. The second-order valence-electron chi connectivity index (χ2n) is 6.97. The molecule has 1 heterocycles. The molecule has 2 aliphatic rings. The van der Waals surface area contributed by atoms with Crippen molar-refractivity contribution in [1.82, 2.24) is 4.90 Å². The summed E-state index contributed by atoms with van der Waals surface area (Å²) in [5, 5.41) is 0. The molecule has 1 aliphatic heterocycles. The summed E-state index contributed by atoms with van der Waals surface area (Å²) in [4.78, 5) is 14.9. The minimum atomic E-state index is 0.0788. The Morgan fingerprint density at radius 2 is 1.96 bits per heavy atom. The number of para-hydroxylation sites is 1. The molecule has 3 rings (SSSR count). The Hall–Kier alpha value is -1.59. The molecule has 1 unspecified atom stereocenters. The van der Waals surface area contributed by atoms with E-state index >= 15 is 0 Å². The molecule has 1 spiro atoms. The number of hydrogen-bond donors (Lipinski definition) is 0. The number of hydrogen-bond acceptors (Lipinski definition) is 4. The second-order valence-corrected chi connectivity index (χ2v) is 6.97. The highest BCUT2D eigenvalue weighted by molar-refractivity contribution is 5.97. The van der Waals surface area contributed by atoms with Crippen LogP contribution in [0.1, 0.15) is 43.0 Å². The SMILES string of the molecule is CCOc1ccccc1C(=O)N1CCC2(CCC2OCCOC)CC1. The fraction of sp³-hybridized carbons (Fsp3) is 0.650. The third kappa shape index (κ3) is 3.82. The molecule has 2 fully saturated rings.